The van der Waals surface area contributed by atoms with Gasteiger partial charge in [-0.05, 0) is 35.4 Å². The molecule has 11 nitrogen and oxygen atoms in total. The van der Waals surface area contributed by atoms with Gasteiger partial charge in [-0.1, -0.05) is 24.3 Å². The highest BCUT2D eigenvalue weighted by atomic mass is 19.1. The number of hydrogen-bond donors (Lipinski definition) is 5. The molecule has 13 heteroatoms. The Bertz CT molecular complexity index is 1500. The minimum atomic E-state index is -1.61. The number of piperazine rings is 1. The Morgan fingerprint density at radius 1 is 0.911 bits per heavy atom. The molecule has 3 aliphatic rings. The zero-order valence-electron chi connectivity index (χ0n) is 24.3. The summed E-state index contributed by atoms with van der Waals surface area (Å²) in [6.45, 7) is 1.42. The Morgan fingerprint density at radius 2 is 1.49 bits per heavy atom. The number of phenolic OH excluding ortho intramolecular Hbond substituents is 2. The Balaban J connectivity index is 1.29. The molecule has 5 N–H and O–H groups in total. The molecule has 0 aromatic heterocycles. The zero-order chi connectivity index (χ0) is 32.0. The van der Waals surface area contributed by atoms with Crippen molar-refractivity contribution in [1.29, 1.82) is 0 Å². The summed E-state index contributed by atoms with van der Waals surface area (Å²) in [5.41, 5.74) is 1.58. The molecule has 240 valence electrons. The van der Waals surface area contributed by atoms with Crippen LogP contribution in [0.15, 0.2) is 48.5 Å². The number of aromatic hydroxyl groups is 2. The Labute approximate surface area is 257 Å². The molecule has 0 aliphatic carbocycles. The molecule has 5 atom stereocenters. The van der Waals surface area contributed by atoms with Crippen molar-refractivity contribution in [3.63, 3.8) is 0 Å². The SMILES string of the molecule is COc1c(O)c(CN2CCN(C(c3ccc(F)cc3)c3ccc(F)cc3)CC2)c2c(c1O)[C@@H]1O[C@H](CO)[C@@H](O)[C@H](O)[C@@H]1OC2=O. The van der Waals surface area contributed by atoms with Crippen LogP contribution in [0.25, 0.3) is 0 Å². The topological polar surface area (TPSA) is 152 Å². The normalized spacial score (nSPS) is 25.5. The molecule has 0 bridgehead atoms. The summed E-state index contributed by atoms with van der Waals surface area (Å²) in [6.07, 6.45) is -7.02. The van der Waals surface area contributed by atoms with E-state index < -0.39 is 54.6 Å². The van der Waals surface area contributed by atoms with Crippen LogP contribution in [0.5, 0.6) is 17.2 Å². The van der Waals surface area contributed by atoms with Gasteiger partial charge in [0.15, 0.2) is 17.6 Å². The zero-order valence-corrected chi connectivity index (χ0v) is 24.3. The van der Waals surface area contributed by atoms with Crippen LogP contribution in [0.4, 0.5) is 8.78 Å². The summed E-state index contributed by atoms with van der Waals surface area (Å²) >= 11 is 0. The summed E-state index contributed by atoms with van der Waals surface area (Å²) in [5, 5.41) is 53.0. The van der Waals surface area contributed by atoms with Crippen LogP contribution in [0.1, 0.15) is 44.8 Å². The number of halogens is 2. The van der Waals surface area contributed by atoms with Gasteiger partial charge in [-0.3, -0.25) is 9.80 Å². The lowest BCUT2D eigenvalue weighted by atomic mass is 9.84. The number of methoxy groups -OCH3 is 1. The number of phenols is 2. The maximum Gasteiger partial charge on any atom is 0.339 e. The van der Waals surface area contributed by atoms with Gasteiger partial charge in [-0.2, -0.15) is 0 Å². The number of fused-ring (bicyclic) bond motifs is 3. The van der Waals surface area contributed by atoms with Crippen LogP contribution in [-0.2, 0) is 16.0 Å². The van der Waals surface area contributed by atoms with Crippen molar-refractivity contribution in [3.05, 3.63) is 88.0 Å². The van der Waals surface area contributed by atoms with Crippen LogP contribution in [0.2, 0.25) is 0 Å². The van der Waals surface area contributed by atoms with Crippen molar-refractivity contribution in [2.75, 3.05) is 39.9 Å². The van der Waals surface area contributed by atoms with Gasteiger partial charge in [0, 0.05) is 43.9 Å². The standard InChI is InChI=1S/C32H34F2N2O9/c1-43-30-25(38)20(22-23(27(30)40)29-31(45-32(22)42)28(41)26(39)21(15-37)44-29)14-35-10-12-36(13-11-35)24(16-2-6-18(33)7-3-16)17-4-8-19(34)9-5-17/h2-9,21,24,26,28-29,31,37-41H,10-15H2,1H3/t21-,26-,28+,29+,31+/m1/s1. The summed E-state index contributed by atoms with van der Waals surface area (Å²) in [6, 6.07) is 12.1. The van der Waals surface area contributed by atoms with E-state index in [0.717, 1.165) is 11.1 Å². The second kappa shape index (κ2) is 12.5. The van der Waals surface area contributed by atoms with Gasteiger partial charge in [0.05, 0.1) is 25.3 Å². The molecule has 2 saturated heterocycles. The highest BCUT2D eigenvalue weighted by Crippen LogP contribution is 2.52. The monoisotopic (exact) mass is 628 g/mol. The Kier molecular flexibility index (Phi) is 8.66. The number of esters is 1. The lowest BCUT2D eigenvalue weighted by molar-refractivity contribution is -0.235. The third-order valence-corrected chi connectivity index (χ3v) is 8.87. The fourth-order valence-corrected chi connectivity index (χ4v) is 6.57. The fourth-order valence-electron chi connectivity index (χ4n) is 6.57. The first-order valence-electron chi connectivity index (χ1n) is 14.6. The summed E-state index contributed by atoms with van der Waals surface area (Å²) in [5.74, 6) is -3.00. The van der Waals surface area contributed by atoms with E-state index in [2.05, 4.69) is 4.90 Å². The number of carbonyl (C=O) groups is 1. The van der Waals surface area contributed by atoms with Gasteiger partial charge in [0.2, 0.25) is 5.75 Å². The molecule has 0 saturated carbocycles. The molecule has 3 aliphatic heterocycles. The maximum absolute atomic E-state index is 13.7. The van der Waals surface area contributed by atoms with Crippen LogP contribution in [-0.4, -0.2) is 106 Å². The van der Waals surface area contributed by atoms with E-state index in [1.165, 1.54) is 31.4 Å². The molecule has 0 radical (unpaired) electrons. The molecule has 0 spiro atoms. The summed E-state index contributed by atoms with van der Waals surface area (Å²) in [7, 11) is 1.24. The van der Waals surface area contributed by atoms with Gasteiger partial charge in [0.25, 0.3) is 0 Å². The molecule has 3 aromatic carbocycles. The Hall–Kier alpha value is -3.85. The highest BCUT2D eigenvalue weighted by molar-refractivity contribution is 5.97. The van der Waals surface area contributed by atoms with Crippen LogP contribution in [0.3, 0.4) is 0 Å². The molecule has 2 fully saturated rings. The van der Waals surface area contributed by atoms with E-state index in [-0.39, 0.29) is 46.7 Å². The van der Waals surface area contributed by atoms with Crippen molar-refractivity contribution in [2.45, 2.75) is 43.1 Å². The van der Waals surface area contributed by atoms with Crippen molar-refractivity contribution in [2.24, 2.45) is 0 Å². The van der Waals surface area contributed by atoms with E-state index >= 15 is 0 Å². The number of rotatable bonds is 7. The van der Waals surface area contributed by atoms with Gasteiger partial charge in [-0.25, -0.2) is 13.6 Å². The molecular weight excluding hydrogens is 594 g/mol. The quantitative estimate of drug-likeness (QED) is 0.244. The summed E-state index contributed by atoms with van der Waals surface area (Å²) in [4.78, 5) is 17.5. The number of carbonyl (C=O) groups excluding carboxylic acids is 1. The van der Waals surface area contributed by atoms with E-state index in [1.54, 1.807) is 24.3 Å². The number of hydrogen-bond acceptors (Lipinski definition) is 11. The third-order valence-electron chi connectivity index (χ3n) is 8.87. The first-order valence-corrected chi connectivity index (χ1v) is 14.6. The van der Waals surface area contributed by atoms with Crippen molar-refractivity contribution in [3.8, 4) is 17.2 Å². The number of aliphatic hydroxyl groups is 3. The second-order valence-electron chi connectivity index (χ2n) is 11.4. The number of benzene rings is 3. The van der Waals surface area contributed by atoms with Gasteiger partial charge >= 0.3 is 5.97 Å². The largest absolute Gasteiger partial charge is 0.504 e. The molecule has 45 heavy (non-hydrogen) atoms. The first kappa shape index (κ1) is 31.1. The third kappa shape index (κ3) is 5.60. The fraction of sp³-hybridized carbons (Fsp3) is 0.406. The Morgan fingerprint density at radius 3 is 2.02 bits per heavy atom. The lowest BCUT2D eigenvalue weighted by Crippen LogP contribution is -2.58. The number of aliphatic hydroxyl groups excluding tert-OH is 3. The van der Waals surface area contributed by atoms with Crippen molar-refractivity contribution in [1.82, 2.24) is 9.80 Å². The maximum atomic E-state index is 13.7. The summed E-state index contributed by atoms with van der Waals surface area (Å²) < 4.78 is 44.1. The predicted octanol–water partition coefficient (Wildman–Crippen LogP) is 1.98. The van der Waals surface area contributed by atoms with E-state index in [9.17, 15) is 39.1 Å². The van der Waals surface area contributed by atoms with E-state index in [0.29, 0.717) is 26.2 Å². The smallest absolute Gasteiger partial charge is 0.339 e. The number of ether oxygens (including phenoxy) is 3. The average molecular weight is 629 g/mol. The molecule has 6 rings (SSSR count). The molecular formula is C32H34F2N2O9. The average Bonchev–Trinajstić information content (AvgIpc) is 3.04. The lowest BCUT2D eigenvalue weighted by Gasteiger charge is -2.45. The molecule has 0 amide bonds. The minimum Gasteiger partial charge on any atom is -0.504 e. The highest BCUT2D eigenvalue weighted by Gasteiger charge is 2.53. The van der Waals surface area contributed by atoms with E-state index in [1.807, 2.05) is 4.90 Å². The molecule has 3 aromatic rings. The predicted molar refractivity (Wildman–Crippen MR) is 154 cm³/mol. The van der Waals surface area contributed by atoms with Crippen LogP contribution < -0.4 is 4.74 Å². The van der Waals surface area contributed by atoms with Gasteiger partial charge < -0.3 is 39.7 Å². The van der Waals surface area contributed by atoms with E-state index in [4.69, 9.17) is 14.2 Å². The van der Waals surface area contributed by atoms with Crippen molar-refractivity contribution < 1.29 is 53.3 Å². The van der Waals surface area contributed by atoms with Crippen molar-refractivity contribution >= 4 is 5.97 Å². The molecule has 3 heterocycles. The number of nitrogens with zero attached hydrogens (tertiary/aromatic N) is 2. The second-order valence-corrected chi connectivity index (χ2v) is 11.4. The van der Waals surface area contributed by atoms with Gasteiger partial charge in [-0.15, -0.1) is 0 Å². The van der Waals surface area contributed by atoms with Gasteiger partial charge in [0.1, 0.15) is 36.1 Å². The molecule has 0 unspecified atom stereocenters. The van der Waals surface area contributed by atoms with Crippen LogP contribution >= 0.6 is 0 Å². The minimum absolute atomic E-state index is 0.0531. The van der Waals surface area contributed by atoms with Crippen LogP contribution in [0, 0.1) is 11.6 Å². The first-order chi connectivity index (χ1) is 21.6.